The summed E-state index contributed by atoms with van der Waals surface area (Å²) < 4.78 is 4.01. The van der Waals surface area contributed by atoms with Crippen LogP contribution in [0.15, 0.2) is 73.3 Å². The van der Waals surface area contributed by atoms with Gasteiger partial charge in [-0.05, 0) is 36.1 Å². The molecule has 0 saturated carbocycles. The molecule has 5 nitrogen and oxygen atoms in total. The van der Waals surface area contributed by atoms with Crippen molar-refractivity contribution >= 4 is 13.4 Å². The van der Waals surface area contributed by atoms with Crippen LogP contribution < -0.4 is 5.19 Å². The minimum absolute atomic E-state index is 0. The van der Waals surface area contributed by atoms with Crippen LogP contribution in [0.5, 0.6) is 5.75 Å². The van der Waals surface area contributed by atoms with Crippen LogP contribution in [0, 0.1) is 6.07 Å². The first-order chi connectivity index (χ1) is 12.6. The van der Waals surface area contributed by atoms with E-state index in [4.69, 9.17) is 0 Å². The monoisotopic (exact) mass is 552 g/mol. The van der Waals surface area contributed by atoms with E-state index in [2.05, 4.69) is 39.5 Å². The fourth-order valence-electron chi connectivity index (χ4n) is 3.29. The normalized spacial score (nSPS) is 13.0. The zero-order valence-electron chi connectivity index (χ0n) is 15.0. The van der Waals surface area contributed by atoms with Gasteiger partial charge in [-0.2, -0.15) is 29.4 Å². The summed E-state index contributed by atoms with van der Waals surface area (Å²) in [5, 5.41) is 15.2. The Balaban J connectivity index is 0.000000157. The second-order valence-electron chi connectivity index (χ2n) is 6.58. The zero-order chi connectivity index (χ0) is 18.1. The molecule has 0 amide bonds. The molecule has 7 heteroatoms. The van der Waals surface area contributed by atoms with Crippen LogP contribution in [0.2, 0.25) is 13.1 Å². The van der Waals surface area contributed by atoms with Gasteiger partial charge < -0.3 is 9.34 Å². The molecule has 0 aliphatic carbocycles. The van der Waals surface area contributed by atoms with Crippen molar-refractivity contribution in [1.29, 1.82) is 0 Å². The number of imidazole rings is 1. The third-order valence-electron chi connectivity index (χ3n) is 4.61. The molecular weight excluding hydrogens is 533 g/mol. The Morgan fingerprint density at radius 2 is 1.85 bits per heavy atom. The van der Waals surface area contributed by atoms with Crippen LogP contribution in [0.1, 0.15) is 0 Å². The van der Waals surface area contributed by atoms with E-state index in [1.54, 1.807) is 23.1 Å². The van der Waals surface area contributed by atoms with Crippen LogP contribution in [0.25, 0.3) is 17.1 Å². The van der Waals surface area contributed by atoms with Crippen molar-refractivity contribution in [3.8, 4) is 22.8 Å². The van der Waals surface area contributed by atoms with Crippen molar-refractivity contribution in [2.75, 3.05) is 0 Å². The Hall–Kier alpha value is -2.47. The third-order valence-corrected chi connectivity index (χ3v) is 7.91. The fourth-order valence-corrected chi connectivity index (χ4v) is 6.05. The van der Waals surface area contributed by atoms with Gasteiger partial charge in [-0.25, -0.2) is 4.98 Å². The molecule has 2 aromatic carbocycles. The van der Waals surface area contributed by atoms with Crippen LogP contribution in [0.3, 0.4) is 0 Å². The van der Waals surface area contributed by atoms with Gasteiger partial charge >= 0.3 is 0 Å². The first-order valence-corrected chi connectivity index (χ1v) is 11.4. The van der Waals surface area contributed by atoms with Crippen molar-refractivity contribution in [3.05, 3.63) is 79.4 Å². The summed E-state index contributed by atoms with van der Waals surface area (Å²) in [6.07, 6.45) is 7.47. The van der Waals surface area contributed by atoms with E-state index in [1.165, 1.54) is 5.19 Å². The minimum Gasteiger partial charge on any atom is -0.507 e. The first-order valence-electron chi connectivity index (χ1n) is 8.42. The summed E-state index contributed by atoms with van der Waals surface area (Å²) in [5.41, 5.74) is 1.90. The van der Waals surface area contributed by atoms with Crippen molar-refractivity contribution in [1.82, 2.24) is 19.0 Å². The second kappa shape index (κ2) is 7.64. The van der Waals surface area contributed by atoms with E-state index in [-0.39, 0.29) is 20.1 Å². The van der Waals surface area contributed by atoms with E-state index < -0.39 is 8.24 Å². The molecule has 27 heavy (non-hydrogen) atoms. The molecule has 3 heterocycles. The van der Waals surface area contributed by atoms with Gasteiger partial charge in [0.15, 0.2) is 8.24 Å². The smallest absolute Gasteiger partial charge is 0.189 e. The van der Waals surface area contributed by atoms with Crippen LogP contribution in [-0.4, -0.2) is 32.3 Å². The molecule has 1 aliphatic rings. The Bertz CT molecular complexity index is 1030. The molecule has 0 atom stereocenters. The van der Waals surface area contributed by atoms with E-state index in [0.29, 0.717) is 5.75 Å². The largest absolute Gasteiger partial charge is 0.507 e. The van der Waals surface area contributed by atoms with Crippen LogP contribution in [0.4, 0.5) is 0 Å². The summed E-state index contributed by atoms with van der Waals surface area (Å²) >= 11 is 0. The zero-order valence-corrected chi connectivity index (χ0v) is 18.4. The second-order valence-corrected chi connectivity index (χ2v) is 10.7. The molecule has 4 aromatic rings. The fraction of sp³-hybridized carbons (Fsp3) is 0.100. The van der Waals surface area contributed by atoms with Crippen LogP contribution in [-0.2, 0) is 20.1 Å². The molecule has 0 bridgehead atoms. The average molecular weight is 552 g/mol. The van der Waals surface area contributed by atoms with Gasteiger partial charge in [0.25, 0.3) is 0 Å². The molecule has 2 aromatic heterocycles. The van der Waals surface area contributed by atoms with Gasteiger partial charge in [-0.1, -0.05) is 12.1 Å². The number of benzene rings is 2. The molecular formula is C20H19IrN4OSi-. The number of hydrogen-bond acceptors (Lipinski definition) is 3. The first kappa shape index (κ1) is 19.3. The number of nitrogens with zero attached hydrogens (tertiary/aromatic N) is 4. The maximum absolute atomic E-state index is 9.90. The summed E-state index contributed by atoms with van der Waals surface area (Å²) in [4.78, 5) is 4.33. The topological polar surface area (TPSA) is 55.9 Å². The molecule has 1 N–H and O–H groups in total. The number of phenols is 1. The Kier molecular flexibility index (Phi) is 5.46. The number of fused-ring (bicyclic) bond motifs is 3. The van der Waals surface area contributed by atoms with Crippen LogP contribution >= 0.6 is 0 Å². The van der Waals surface area contributed by atoms with Crippen molar-refractivity contribution in [2.45, 2.75) is 13.1 Å². The summed E-state index contributed by atoms with van der Waals surface area (Å²) in [6, 6.07) is 18.5. The van der Waals surface area contributed by atoms with Crippen molar-refractivity contribution < 1.29 is 25.2 Å². The minimum atomic E-state index is -1.67. The predicted molar refractivity (Wildman–Crippen MR) is 104 cm³/mol. The van der Waals surface area contributed by atoms with E-state index in [0.717, 1.165) is 17.1 Å². The Morgan fingerprint density at radius 1 is 1.00 bits per heavy atom. The molecule has 5 rings (SSSR count). The Labute approximate surface area is 172 Å². The molecule has 0 saturated heterocycles. The standard InChI is InChI=1S/C11H12N2OSi.C9H7N2.Ir/c1-15(2)9-5-3-4-8(14)10(9)11-12-6-7-13(11)15;1-2-5-9(6-3-1)11-8-4-7-10-11;/h3-7,14H,1-2H3;1-5,7-8H;/q;-1;. The number of aromatic hydroxyl groups is 1. The van der Waals surface area contributed by atoms with Crippen molar-refractivity contribution in [3.63, 3.8) is 0 Å². The third kappa shape index (κ3) is 3.41. The number of aromatic nitrogens is 4. The number of para-hydroxylation sites is 1. The molecule has 0 unspecified atom stereocenters. The number of hydrogen-bond donors (Lipinski definition) is 1. The molecule has 0 spiro atoms. The van der Waals surface area contributed by atoms with E-state index in [1.807, 2.05) is 48.8 Å². The maximum atomic E-state index is 9.90. The van der Waals surface area contributed by atoms with Gasteiger partial charge in [-0.3, -0.25) is 4.68 Å². The summed E-state index contributed by atoms with van der Waals surface area (Å²) in [5.74, 6) is 1.26. The SMILES string of the molecule is C[Si]1(C)c2cccc(O)c2-c2nccn21.[Ir].[c-]1ccccc1-n1cccn1. The average Bonchev–Trinajstić information content (AvgIpc) is 3.37. The van der Waals surface area contributed by atoms with Crippen molar-refractivity contribution in [2.24, 2.45) is 0 Å². The van der Waals surface area contributed by atoms with E-state index >= 15 is 0 Å². The quantitative estimate of drug-likeness (QED) is 0.292. The molecule has 0 fully saturated rings. The number of rotatable bonds is 1. The Morgan fingerprint density at radius 3 is 2.56 bits per heavy atom. The van der Waals surface area contributed by atoms with E-state index in [9.17, 15) is 5.11 Å². The molecule has 1 radical (unpaired) electrons. The maximum Gasteiger partial charge on any atom is 0.189 e. The van der Waals surface area contributed by atoms with Gasteiger partial charge in [0.1, 0.15) is 11.6 Å². The number of phenolic OH excluding ortho intramolecular Hbond substituents is 1. The predicted octanol–water partition coefficient (Wildman–Crippen LogP) is 3.20. The molecule has 139 valence electrons. The van der Waals surface area contributed by atoms with Gasteiger partial charge in [0.05, 0.1) is 5.56 Å². The van der Waals surface area contributed by atoms with Gasteiger partial charge in [-0.15, -0.1) is 6.07 Å². The van der Waals surface area contributed by atoms with Gasteiger partial charge in [0.2, 0.25) is 0 Å². The molecule has 1 aliphatic heterocycles. The summed E-state index contributed by atoms with van der Waals surface area (Å²) in [7, 11) is -1.67. The van der Waals surface area contributed by atoms with Gasteiger partial charge in [0, 0.05) is 44.9 Å². The summed E-state index contributed by atoms with van der Waals surface area (Å²) in [6.45, 7) is 4.53.